The normalized spacial score (nSPS) is 9.85. The van der Waals surface area contributed by atoms with Crippen LogP contribution in [0, 0.1) is 13.8 Å². The quantitative estimate of drug-likeness (QED) is 0.652. The van der Waals surface area contributed by atoms with E-state index in [0.29, 0.717) is 6.61 Å². The Kier molecular flexibility index (Phi) is 3.12. The van der Waals surface area contributed by atoms with Gasteiger partial charge in [0.05, 0.1) is 18.2 Å². The molecule has 3 nitrogen and oxygen atoms in total. The van der Waals surface area contributed by atoms with E-state index in [1.54, 1.807) is 11.8 Å². The van der Waals surface area contributed by atoms with Crippen molar-refractivity contribution in [2.24, 2.45) is 0 Å². The van der Waals surface area contributed by atoms with Gasteiger partial charge in [0, 0.05) is 4.73 Å². The van der Waals surface area contributed by atoms with E-state index >= 15 is 0 Å². The lowest BCUT2D eigenvalue weighted by atomic mass is 10.2. The highest BCUT2D eigenvalue weighted by Crippen LogP contribution is 2.18. The van der Waals surface area contributed by atoms with Crippen LogP contribution in [-0.2, 0) is 0 Å². The minimum atomic E-state index is 0.663. The lowest BCUT2D eigenvalue weighted by Gasteiger charge is -2.05. The summed E-state index contributed by atoms with van der Waals surface area (Å²) >= 11 is 0. The van der Waals surface area contributed by atoms with E-state index < -0.39 is 0 Å². The van der Waals surface area contributed by atoms with E-state index in [9.17, 15) is 0 Å². The lowest BCUT2D eigenvalue weighted by Crippen LogP contribution is -2.42. The van der Waals surface area contributed by atoms with Crippen LogP contribution in [0.3, 0.4) is 0 Å². The van der Waals surface area contributed by atoms with Crippen LogP contribution in [0.15, 0.2) is 12.4 Å². The number of hydrogen-bond acceptors (Lipinski definition) is 2. The third-order valence-electron chi connectivity index (χ3n) is 1.84. The molecular formula is C10H16NO2+. The summed E-state index contributed by atoms with van der Waals surface area (Å²) in [5, 5.41) is 0. The number of rotatable bonds is 3. The summed E-state index contributed by atoms with van der Waals surface area (Å²) in [7, 11) is 1.68. The van der Waals surface area contributed by atoms with Crippen LogP contribution in [0.4, 0.5) is 0 Å². The smallest absolute Gasteiger partial charge is 0.229 e. The molecule has 0 fully saturated rings. The molecule has 1 rings (SSSR count). The summed E-state index contributed by atoms with van der Waals surface area (Å²) in [4.78, 5) is 5.33. The number of aromatic nitrogens is 1. The first-order valence-electron chi connectivity index (χ1n) is 4.38. The minimum absolute atomic E-state index is 0.663. The predicted octanol–water partition coefficient (Wildman–Crippen LogP) is 1.05. The highest BCUT2D eigenvalue weighted by atomic mass is 16.7. The molecule has 1 heterocycles. The zero-order valence-corrected chi connectivity index (χ0v) is 8.63. The van der Waals surface area contributed by atoms with Crippen molar-refractivity contribution in [3.8, 4) is 5.75 Å². The molecule has 0 saturated heterocycles. The third kappa shape index (κ3) is 2.11. The summed E-state index contributed by atoms with van der Waals surface area (Å²) in [6, 6.07) is 0. The number of aryl methyl sites for hydroxylation is 2. The fourth-order valence-corrected chi connectivity index (χ4v) is 1.39. The van der Waals surface area contributed by atoms with E-state index in [1.165, 1.54) is 0 Å². The molecule has 0 spiro atoms. The Bertz CT molecular complexity index is 274. The molecule has 0 aromatic carbocycles. The summed E-state index contributed by atoms with van der Waals surface area (Å²) < 4.78 is 6.96. The van der Waals surface area contributed by atoms with Gasteiger partial charge in [-0.3, -0.25) is 4.84 Å². The van der Waals surface area contributed by atoms with Gasteiger partial charge in [-0.2, -0.15) is 0 Å². The van der Waals surface area contributed by atoms with E-state index in [0.717, 1.165) is 16.9 Å². The van der Waals surface area contributed by atoms with Crippen molar-refractivity contribution in [3.05, 3.63) is 23.5 Å². The Morgan fingerprint density at radius 3 is 2.15 bits per heavy atom. The molecule has 0 radical (unpaired) electrons. The van der Waals surface area contributed by atoms with Gasteiger partial charge in [-0.05, 0) is 20.8 Å². The second-order valence-electron chi connectivity index (χ2n) is 2.94. The Hall–Kier alpha value is -1.25. The fourth-order valence-electron chi connectivity index (χ4n) is 1.39. The number of hydrogen-bond donors (Lipinski definition) is 0. The monoisotopic (exact) mass is 182 g/mol. The first-order valence-corrected chi connectivity index (χ1v) is 4.38. The van der Waals surface area contributed by atoms with Crippen LogP contribution in [-0.4, -0.2) is 13.7 Å². The fraction of sp³-hybridized carbons (Fsp3) is 0.500. The van der Waals surface area contributed by atoms with Crippen LogP contribution < -0.4 is 14.3 Å². The maximum absolute atomic E-state index is 5.33. The van der Waals surface area contributed by atoms with Gasteiger partial charge in [-0.25, -0.2) is 0 Å². The highest BCUT2D eigenvalue weighted by Gasteiger charge is 2.11. The molecule has 0 saturated carbocycles. The van der Waals surface area contributed by atoms with Gasteiger partial charge in [-0.15, -0.1) is 0 Å². The molecule has 0 aliphatic rings. The number of methoxy groups -OCH3 is 1. The molecule has 0 bridgehead atoms. The van der Waals surface area contributed by atoms with Gasteiger partial charge < -0.3 is 4.74 Å². The molecule has 0 atom stereocenters. The van der Waals surface area contributed by atoms with Gasteiger partial charge >= 0.3 is 0 Å². The number of pyridine rings is 1. The van der Waals surface area contributed by atoms with Crippen LogP contribution in [0.1, 0.15) is 18.1 Å². The average Bonchev–Trinajstić information content (AvgIpc) is 2.04. The van der Waals surface area contributed by atoms with Crippen LogP contribution in [0.5, 0.6) is 5.75 Å². The third-order valence-corrected chi connectivity index (χ3v) is 1.84. The molecular weight excluding hydrogens is 166 g/mol. The first-order chi connectivity index (χ1) is 6.19. The van der Waals surface area contributed by atoms with Crippen molar-refractivity contribution in [1.29, 1.82) is 0 Å². The summed E-state index contributed by atoms with van der Waals surface area (Å²) in [5.41, 5.74) is 2.16. The van der Waals surface area contributed by atoms with Crippen LogP contribution in [0.2, 0.25) is 0 Å². The van der Waals surface area contributed by atoms with Gasteiger partial charge in [0.1, 0.15) is 5.75 Å². The zero-order valence-electron chi connectivity index (χ0n) is 8.63. The zero-order chi connectivity index (χ0) is 9.84. The molecule has 0 unspecified atom stereocenters. The van der Waals surface area contributed by atoms with Crippen molar-refractivity contribution < 1.29 is 14.3 Å². The first kappa shape index (κ1) is 9.84. The molecule has 0 amide bonds. The minimum Gasteiger partial charge on any atom is -0.496 e. The van der Waals surface area contributed by atoms with E-state index in [1.807, 2.05) is 33.2 Å². The second kappa shape index (κ2) is 4.12. The summed E-state index contributed by atoms with van der Waals surface area (Å²) in [6.07, 6.45) is 3.82. The van der Waals surface area contributed by atoms with Crippen molar-refractivity contribution in [3.63, 3.8) is 0 Å². The Labute approximate surface area is 78.9 Å². The standard InChI is InChI=1S/C10H16NO2/c1-5-13-11-6-8(2)10(12-4)9(3)7-11/h6-7H,5H2,1-4H3/q+1. The Morgan fingerprint density at radius 1 is 1.23 bits per heavy atom. The van der Waals surface area contributed by atoms with E-state index in [-0.39, 0.29) is 0 Å². The van der Waals surface area contributed by atoms with Crippen molar-refractivity contribution >= 4 is 0 Å². The van der Waals surface area contributed by atoms with Crippen molar-refractivity contribution in [2.45, 2.75) is 20.8 Å². The Balaban J connectivity index is 3.05. The van der Waals surface area contributed by atoms with Gasteiger partial charge in [0.25, 0.3) is 0 Å². The van der Waals surface area contributed by atoms with Gasteiger partial charge in [-0.1, -0.05) is 0 Å². The van der Waals surface area contributed by atoms with E-state index in [4.69, 9.17) is 9.57 Å². The van der Waals surface area contributed by atoms with Crippen molar-refractivity contribution in [2.75, 3.05) is 13.7 Å². The maximum atomic E-state index is 5.33. The SMILES string of the molecule is CCO[n+]1cc(C)c(OC)c(C)c1. The molecule has 0 N–H and O–H groups in total. The van der Waals surface area contributed by atoms with Crippen molar-refractivity contribution in [1.82, 2.24) is 0 Å². The second-order valence-corrected chi connectivity index (χ2v) is 2.94. The van der Waals surface area contributed by atoms with Gasteiger partial charge in [0.2, 0.25) is 12.4 Å². The summed E-state index contributed by atoms with van der Waals surface area (Å²) in [6.45, 7) is 6.63. The maximum Gasteiger partial charge on any atom is 0.229 e. The molecule has 72 valence electrons. The highest BCUT2D eigenvalue weighted by molar-refractivity contribution is 5.34. The topological polar surface area (TPSA) is 22.3 Å². The lowest BCUT2D eigenvalue weighted by molar-refractivity contribution is -0.891. The molecule has 0 aliphatic heterocycles. The molecule has 3 heteroatoms. The Morgan fingerprint density at radius 2 is 1.77 bits per heavy atom. The van der Waals surface area contributed by atoms with Crippen LogP contribution in [0.25, 0.3) is 0 Å². The molecule has 1 aromatic rings. The number of nitrogens with zero attached hydrogens (tertiary/aromatic N) is 1. The predicted molar refractivity (Wildman–Crippen MR) is 49.8 cm³/mol. The molecule has 0 aliphatic carbocycles. The molecule has 13 heavy (non-hydrogen) atoms. The largest absolute Gasteiger partial charge is 0.496 e. The number of ether oxygens (including phenoxy) is 1. The average molecular weight is 182 g/mol. The summed E-state index contributed by atoms with van der Waals surface area (Å²) in [5.74, 6) is 0.927. The van der Waals surface area contributed by atoms with Gasteiger partial charge in [0.15, 0.2) is 6.61 Å². The van der Waals surface area contributed by atoms with Crippen LogP contribution >= 0.6 is 0 Å². The molecule has 1 aromatic heterocycles. The van der Waals surface area contributed by atoms with E-state index in [2.05, 4.69) is 0 Å².